The van der Waals surface area contributed by atoms with E-state index in [0.29, 0.717) is 19.5 Å². The topological polar surface area (TPSA) is 81.2 Å². The maximum Gasteiger partial charge on any atom is 0.247 e. The minimum atomic E-state index is -0.782. The summed E-state index contributed by atoms with van der Waals surface area (Å²) in [6.45, 7) is 16.1. The lowest BCUT2D eigenvalue weighted by atomic mass is 9.70. The summed E-state index contributed by atoms with van der Waals surface area (Å²) < 4.78 is -0.779. The number of amides is 3. The standard InChI is InChI=1S/C31H42BrN3O4S/c1-7-15-33(19(4)5)30(39)27-31-17-22(32)26(40-31)24(25(31)29(38)35(27)23(18-36)20(6)9-3)28(37)34(16-8-2)21-13-11-10-12-14-21/h7-8,10-14,19-20,22-27,36H,1-2,9,15-18H2,3-6H3/t20-,22?,23-,24+,25-,26+,27?,31?/m0/s1. The number of likely N-dealkylation sites (tertiary alicyclic amines) is 1. The average molecular weight is 633 g/mol. The maximum absolute atomic E-state index is 14.6. The minimum Gasteiger partial charge on any atom is -0.394 e. The SMILES string of the molecule is C=CCN(C(=O)[C@H]1[C@@H]2SC3(CC2Br)C(C(=O)N(CC=C)C(C)C)N([C@@H](CO)[C@@H](C)CC)C(=O)[C@H]13)c1ccccc1. The number of fused-ring (bicyclic) bond motifs is 1. The van der Waals surface area contributed by atoms with Crippen molar-refractivity contribution in [2.75, 3.05) is 24.6 Å². The van der Waals surface area contributed by atoms with E-state index < -0.39 is 28.7 Å². The number of aliphatic hydroxyl groups is 1. The van der Waals surface area contributed by atoms with E-state index in [4.69, 9.17) is 0 Å². The molecule has 3 saturated heterocycles. The van der Waals surface area contributed by atoms with Gasteiger partial charge in [-0.3, -0.25) is 14.4 Å². The molecule has 7 nitrogen and oxygen atoms in total. The summed E-state index contributed by atoms with van der Waals surface area (Å²) in [7, 11) is 0. The zero-order valence-electron chi connectivity index (χ0n) is 23.9. The molecule has 218 valence electrons. The van der Waals surface area contributed by atoms with Crippen molar-refractivity contribution < 1.29 is 19.5 Å². The van der Waals surface area contributed by atoms with Crippen LogP contribution in [0.25, 0.3) is 0 Å². The molecule has 2 bridgehead atoms. The average Bonchev–Trinajstić information content (AvgIpc) is 3.53. The van der Waals surface area contributed by atoms with Crippen LogP contribution in [0.4, 0.5) is 5.69 Å². The number of carbonyl (C=O) groups is 3. The zero-order chi connectivity index (χ0) is 29.4. The van der Waals surface area contributed by atoms with E-state index in [9.17, 15) is 19.5 Å². The van der Waals surface area contributed by atoms with Crippen LogP contribution in [0.3, 0.4) is 0 Å². The second kappa shape index (κ2) is 12.4. The van der Waals surface area contributed by atoms with E-state index in [1.54, 1.807) is 38.6 Å². The first-order valence-electron chi connectivity index (χ1n) is 14.2. The van der Waals surface area contributed by atoms with Gasteiger partial charge in [0.2, 0.25) is 17.7 Å². The molecule has 9 heteroatoms. The fourth-order valence-electron chi connectivity index (χ4n) is 6.89. The lowest BCUT2D eigenvalue weighted by molar-refractivity contribution is -0.147. The quantitative estimate of drug-likeness (QED) is 0.271. The van der Waals surface area contributed by atoms with Gasteiger partial charge in [0.15, 0.2) is 0 Å². The molecule has 1 aromatic carbocycles. The van der Waals surface area contributed by atoms with E-state index in [1.807, 2.05) is 58.0 Å². The van der Waals surface area contributed by atoms with Crippen LogP contribution < -0.4 is 4.90 Å². The molecule has 3 aliphatic heterocycles. The number of para-hydroxylation sites is 1. The first kappa shape index (κ1) is 30.8. The van der Waals surface area contributed by atoms with Crippen LogP contribution in [-0.2, 0) is 14.4 Å². The van der Waals surface area contributed by atoms with Gasteiger partial charge in [0, 0.05) is 34.9 Å². The highest BCUT2D eigenvalue weighted by atomic mass is 79.9. The van der Waals surface area contributed by atoms with Crippen molar-refractivity contribution in [3.63, 3.8) is 0 Å². The van der Waals surface area contributed by atoms with E-state index >= 15 is 0 Å². The first-order chi connectivity index (χ1) is 19.1. The van der Waals surface area contributed by atoms with Crippen LogP contribution >= 0.6 is 27.7 Å². The molecule has 3 unspecified atom stereocenters. The van der Waals surface area contributed by atoms with Crippen molar-refractivity contribution in [1.82, 2.24) is 9.80 Å². The highest BCUT2D eigenvalue weighted by Crippen LogP contribution is 2.68. The molecule has 0 aliphatic carbocycles. The molecule has 0 saturated carbocycles. The van der Waals surface area contributed by atoms with Gasteiger partial charge in [0.1, 0.15) is 6.04 Å². The number of hydrogen-bond acceptors (Lipinski definition) is 5. The molecule has 40 heavy (non-hydrogen) atoms. The molecule has 1 aromatic rings. The molecular weight excluding hydrogens is 590 g/mol. The molecule has 4 rings (SSSR count). The molecule has 1 N–H and O–H groups in total. The van der Waals surface area contributed by atoms with Gasteiger partial charge in [-0.2, -0.15) is 0 Å². The predicted octanol–water partition coefficient (Wildman–Crippen LogP) is 4.50. The normalized spacial score (nSPS) is 30.2. The number of benzene rings is 1. The van der Waals surface area contributed by atoms with E-state index in [2.05, 4.69) is 29.1 Å². The highest BCUT2D eigenvalue weighted by molar-refractivity contribution is 9.09. The number of alkyl halides is 1. The summed E-state index contributed by atoms with van der Waals surface area (Å²) in [5.74, 6) is -1.76. The number of carbonyl (C=O) groups excluding carboxylic acids is 3. The first-order valence-corrected chi connectivity index (χ1v) is 16.0. The second-order valence-electron chi connectivity index (χ2n) is 11.5. The van der Waals surface area contributed by atoms with Crippen LogP contribution in [0.2, 0.25) is 0 Å². The van der Waals surface area contributed by atoms with E-state index in [1.165, 1.54) is 0 Å². The Kier molecular flexibility index (Phi) is 9.57. The Balaban J connectivity index is 1.85. The molecule has 1 spiro atoms. The number of anilines is 1. The summed E-state index contributed by atoms with van der Waals surface area (Å²) in [6, 6.07) is 8.05. The van der Waals surface area contributed by atoms with Crippen LogP contribution in [-0.4, -0.2) is 85.3 Å². The molecule has 8 atom stereocenters. The van der Waals surface area contributed by atoms with Crippen molar-refractivity contribution in [2.24, 2.45) is 17.8 Å². The van der Waals surface area contributed by atoms with Gasteiger partial charge in [-0.05, 0) is 38.3 Å². The van der Waals surface area contributed by atoms with Gasteiger partial charge in [-0.1, -0.05) is 66.5 Å². The maximum atomic E-state index is 14.6. The van der Waals surface area contributed by atoms with Gasteiger partial charge >= 0.3 is 0 Å². The second-order valence-corrected chi connectivity index (χ2v) is 14.2. The largest absolute Gasteiger partial charge is 0.394 e. The molecule has 0 radical (unpaired) electrons. The Morgan fingerprint density at radius 1 is 1.18 bits per heavy atom. The molecule has 3 heterocycles. The van der Waals surface area contributed by atoms with Crippen molar-refractivity contribution in [1.29, 1.82) is 0 Å². The van der Waals surface area contributed by atoms with Crippen molar-refractivity contribution in [2.45, 2.75) is 73.5 Å². The van der Waals surface area contributed by atoms with Crippen molar-refractivity contribution in [3.8, 4) is 0 Å². The number of hydrogen-bond donors (Lipinski definition) is 1. The van der Waals surface area contributed by atoms with Crippen LogP contribution in [0.5, 0.6) is 0 Å². The van der Waals surface area contributed by atoms with Gasteiger partial charge in [0.25, 0.3) is 0 Å². The van der Waals surface area contributed by atoms with Gasteiger partial charge in [0.05, 0.1) is 29.2 Å². The van der Waals surface area contributed by atoms with Gasteiger partial charge in [-0.25, -0.2) is 0 Å². The summed E-state index contributed by atoms with van der Waals surface area (Å²) >= 11 is 5.48. The van der Waals surface area contributed by atoms with E-state index in [0.717, 1.165) is 12.1 Å². The van der Waals surface area contributed by atoms with Crippen molar-refractivity contribution >= 4 is 51.1 Å². The summed E-state index contributed by atoms with van der Waals surface area (Å²) in [5, 5.41) is 10.4. The Morgan fingerprint density at radius 2 is 1.82 bits per heavy atom. The fourth-order valence-corrected chi connectivity index (χ4v) is 10.5. The smallest absolute Gasteiger partial charge is 0.247 e. The van der Waals surface area contributed by atoms with Gasteiger partial charge in [-0.15, -0.1) is 24.9 Å². The number of nitrogens with zero attached hydrogens (tertiary/aromatic N) is 3. The number of halogens is 1. The van der Waals surface area contributed by atoms with Gasteiger partial charge < -0.3 is 19.8 Å². The Morgan fingerprint density at radius 3 is 2.38 bits per heavy atom. The number of thioether (sulfide) groups is 1. The zero-order valence-corrected chi connectivity index (χ0v) is 26.3. The van der Waals surface area contributed by atoms with Crippen LogP contribution in [0, 0.1) is 17.8 Å². The Labute approximate surface area is 251 Å². The lowest BCUT2D eigenvalue weighted by Gasteiger charge is -2.42. The summed E-state index contributed by atoms with van der Waals surface area (Å²) in [6.07, 6.45) is 4.75. The summed E-state index contributed by atoms with van der Waals surface area (Å²) in [4.78, 5) is 48.6. The third-order valence-electron chi connectivity index (χ3n) is 8.97. The Bertz CT molecular complexity index is 1130. The summed E-state index contributed by atoms with van der Waals surface area (Å²) in [5.41, 5.74) is 0.750. The fraction of sp³-hybridized carbons (Fsp3) is 0.581. The third kappa shape index (κ3) is 4.96. The molecule has 0 aromatic heterocycles. The predicted molar refractivity (Wildman–Crippen MR) is 165 cm³/mol. The molecule has 3 fully saturated rings. The van der Waals surface area contributed by atoms with Crippen LogP contribution in [0.15, 0.2) is 55.6 Å². The minimum absolute atomic E-state index is 0.0240. The Hall–Kier alpha value is -2.10. The lowest BCUT2D eigenvalue weighted by Crippen LogP contribution is -2.59. The van der Waals surface area contributed by atoms with Crippen LogP contribution in [0.1, 0.15) is 40.5 Å². The monoisotopic (exact) mass is 631 g/mol. The third-order valence-corrected chi connectivity index (χ3v) is 12.2. The number of rotatable bonds is 12. The van der Waals surface area contributed by atoms with Crippen molar-refractivity contribution in [3.05, 3.63) is 55.6 Å². The number of aliphatic hydroxyl groups excluding tert-OH is 1. The molecule has 3 amide bonds. The highest BCUT2D eigenvalue weighted by Gasteiger charge is 2.76. The molecule has 3 aliphatic rings. The molecular formula is C31H42BrN3O4S. The van der Waals surface area contributed by atoms with E-state index in [-0.39, 0.29) is 46.4 Å².